The normalized spacial score (nSPS) is 27.4. The summed E-state index contributed by atoms with van der Waals surface area (Å²) < 4.78 is 10.7. The fraction of sp³-hybridized carbons (Fsp3) is 0.700. The average Bonchev–Trinajstić information content (AvgIpc) is 3.08. The number of hydrogen-bond acceptors (Lipinski definition) is 5. The van der Waals surface area contributed by atoms with Gasteiger partial charge in [-0.05, 0) is 49.9 Å². The molecule has 1 unspecified atom stereocenters. The van der Waals surface area contributed by atoms with Crippen LogP contribution in [0.3, 0.4) is 0 Å². The molecule has 1 saturated heterocycles. The molecule has 1 aromatic rings. The van der Waals surface area contributed by atoms with E-state index in [0.29, 0.717) is 12.1 Å². The molecule has 0 amide bonds. The van der Waals surface area contributed by atoms with Crippen LogP contribution in [0, 0.1) is 0 Å². The van der Waals surface area contributed by atoms with Gasteiger partial charge in [-0.15, -0.1) is 0 Å². The van der Waals surface area contributed by atoms with E-state index < -0.39 is 0 Å². The molecule has 1 heterocycles. The zero-order valence-electron chi connectivity index (χ0n) is 15.5. The number of hydrogen-bond donors (Lipinski definition) is 2. The van der Waals surface area contributed by atoms with E-state index in [1.54, 1.807) is 14.2 Å². The topological polar surface area (TPSA) is 54.0 Å². The molecule has 2 N–H and O–H groups in total. The lowest BCUT2D eigenvalue weighted by Gasteiger charge is -2.38. The van der Waals surface area contributed by atoms with Crippen molar-refractivity contribution < 1.29 is 14.6 Å². The maximum Gasteiger partial charge on any atom is 0.160 e. The lowest BCUT2D eigenvalue weighted by Crippen LogP contribution is -2.51. The quantitative estimate of drug-likeness (QED) is 0.791. The lowest BCUT2D eigenvalue weighted by atomic mass is 9.89. The summed E-state index contributed by atoms with van der Waals surface area (Å²) in [7, 11) is 3.34. The Labute approximate surface area is 151 Å². The van der Waals surface area contributed by atoms with Gasteiger partial charge in [-0.3, -0.25) is 4.90 Å². The fourth-order valence-electron chi connectivity index (χ4n) is 4.29. The van der Waals surface area contributed by atoms with E-state index in [1.165, 1.54) is 31.2 Å². The molecule has 2 aliphatic rings. The van der Waals surface area contributed by atoms with Crippen LogP contribution >= 0.6 is 0 Å². The molecular formula is C20H32N2O3. The molecular weight excluding hydrogens is 316 g/mol. The van der Waals surface area contributed by atoms with E-state index in [0.717, 1.165) is 44.0 Å². The summed E-state index contributed by atoms with van der Waals surface area (Å²) in [5, 5.41) is 13.6. The molecule has 1 aliphatic carbocycles. The van der Waals surface area contributed by atoms with Crippen molar-refractivity contribution in [1.82, 2.24) is 10.2 Å². The maximum absolute atomic E-state index is 9.85. The molecule has 3 atom stereocenters. The Morgan fingerprint density at radius 1 is 1.12 bits per heavy atom. The first-order valence-corrected chi connectivity index (χ1v) is 9.57. The second-order valence-electron chi connectivity index (χ2n) is 7.29. The monoisotopic (exact) mass is 348 g/mol. The number of nitrogens with one attached hydrogen (secondary N) is 1. The van der Waals surface area contributed by atoms with E-state index in [-0.39, 0.29) is 6.10 Å². The van der Waals surface area contributed by atoms with Crippen molar-refractivity contribution in [3.63, 3.8) is 0 Å². The molecule has 1 aromatic carbocycles. The second-order valence-corrected chi connectivity index (χ2v) is 7.29. The highest BCUT2D eigenvalue weighted by Gasteiger charge is 2.33. The van der Waals surface area contributed by atoms with Gasteiger partial charge in [0.1, 0.15) is 0 Å². The van der Waals surface area contributed by atoms with Crippen LogP contribution in [0.15, 0.2) is 18.2 Å². The Kier molecular flexibility index (Phi) is 6.57. The molecule has 0 bridgehead atoms. The van der Waals surface area contributed by atoms with E-state index in [2.05, 4.69) is 22.3 Å². The van der Waals surface area contributed by atoms with Crippen LogP contribution in [0.2, 0.25) is 0 Å². The molecule has 0 radical (unpaired) electrons. The summed E-state index contributed by atoms with van der Waals surface area (Å²) >= 11 is 0. The van der Waals surface area contributed by atoms with Crippen LogP contribution in [0.5, 0.6) is 11.5 Å². The zero-order chi connectivity index (χ0) is 17.6. The van der Waals surface area contributed by atoms with Crippen molar-refractivity contribution in [2.45, 2.75) is 56.7 Å². The minimum atomic E-state index is -0.130. The number of ether oxygens (including phenoxy) is 2. The summed E-state index contributed by atoms with van der Waals surface area (Å²) in [6.07, 6.45) is 6.88. The Morgan fingerprint density at radius 3 is 2.64 bits per heavy atom. The average molecular weight is 348 g/mol. The van der Waals surface area contributed by atoms with Gasteiger partial charge in [-0.2, -0.15) is 0 Å². The third-order valence-corrected chi connectivity index (χ3v) is 5.66. The van der Waals surface area contributed by atoms with Crippen molar-refractivity contribution in [3.8, 4) is 11.5 Å². The van der Waals surface area contributed by atoms with Gasteiger partial charge >= 0.3 is 0 Å². The van der Waals surface area contributed by atoms with Gasteiger partial charge in [-0.1, -0.05) is 18.9 Å². The van der Waals surface area contributed by atoms with Crippen LogP contribution in [0.1, 0.15) is 37.7 Å². The molecule has 3 rings (SSSR count). The largest absolute Gasteiger partial charge is 0.493 e. The van der Waals surface area contributed by atoms with Crippen molar-refractivity contribution in [2.24, 2.45) is 0 Å². The standard InChI is InChI=1S/C20H32N2O3/c1-24-19-8-7-15(13-20(19)25-2)9-11-21-17-5-3-4-6-18(17)22-12-10-16(23)14-22/h7-8,13,16-18,21,23H,3-6,9-12,14H2,1-2H3/t16-,17?,18-/m1/s1. The van der Waals surface area contributed by atoms with Gasteiger partial charge in [0, 0.05) is 25.2 Å². The number of likely N-dealkylation sites (tertiary alicyclic amines) is 1. The van der Waals surface area contributed by atoms with Gasteiger partial charge in [0.15, 0.2) is 11.5 Å². The van der Waals surface area contributed by atoms with Crippen LogP contribution in [0.25, 0.3) is 0 Å². The van der Waals surface area contributed by atoms with Gasteiger partial charge in [-0.25, -0.2) is 0 Å². The minimum absolute atomic E-state index is 0.130. The Hall–Kier alpha value is -1.30. The molecule has 5 heteroatoms. The van der Waals surface area contributed by atoms with Crippen molar-refractivity contribution in [2.75, 3.05) is 33.9 Å². The van der Waals surface area contributed by atoms with Crippen LogP contribution in [-0.4, -0.2) is 62.0 Å². The minimum Gasteiger partial charge on any atom is -0.493 e. The van der Waals surface area contributed by atoms with E-state index >= 15 is 0 Å². The number of aliphatic hydroxyl groups excluding tert-OH is 1. The molecule has 0 spiro atoms. The Morgan fingerprint density at radius 2 is 1.92 bits per heavy atom. The van der Waals surface area contributed by atoms with Crippen LogP contribution < -0.4 is 14.8 Å². The van der Waals surface area contributed by atoms with Gasteiger partial charge in [0.05, 0.1) is 20.3 Å². The van der Waals surface area contributed by atoms with Crippen molar-refractivity contribution in [1.29, 1.82) is 0 Å². The van der Waals surface area contributed by atoms with Gasteiger partial charge in [0.25, 0.3) is 0 Å². The number of methoxy groups -OCH3 is 2. The smallest absolute Gasteiger partial charge is 0.160 e. The summed E-state index contributed by atoms with van der Waals surface area (Å²) in [5.41, 5.74) is 1.26. The van der Waals surface area contributed by atoms with E-state index in [9.17, 15) is 5.11 Å². The maximum atomic E-state index is 9.85. The number of aliphatic hydroxyl groups is 1. The number of β-amino-alcohol motifs (C(OH)–C–C–N with tert-alkyl or cyclic N) is 1. The highest BCUT2D eigenvalue weighted by atomic mass is 16.5. The van der Waals surface area contributed by atoms with E-state index in [4.69, 9.17) is 9.47 Å². The molecule has 2 fully saturated rings. The summed E-state index contributed by atoms with van der Waals surface area (Å²) in [4.78, 5) is 2.50. The third kappa shape index (κ3) is 4.66. The van der Waals surface area contributed by atoms with Crippen LogP contribution in [0.4, 0.5) is 0 Å². The first-order valence-electron chi connectivity index (χ1n) is 9.57. The predicted octanol–water partition coefficient (Wildman–Crippen LogP) is 2.21. The van der Waals surface area contributed by atoms with Crippen molar-refractivity contribution >= 4 is 0 Å². The Bertz CT molecular complexity index is 552. The SMILES string of the molecule is COc1ccc(CCNC2CCCC[C@H]2N2CC[C@@H](O)C2)cc1OC. The third-order valence-electron chi connectivity index (χ3n) is 5.66. The zero-order valence-corrected chi connectivity index (χ0v) is 15.5. The molecule has 0 aromatic heterocycles. The predicted molar refractivity (Wildman–Crippen MR) is 99.5 cm³/mol. The summed E-state index contributed by atoms with van der Waals surface area (Å²) in [6.45, 7) is 2.85. The summed E-state index contributed by atoms with van der Waals surface area (Å²) in [6, 6.07) is 7.27. The first-order chi connectivity index (χ1) is 12.2. The number of rotatable bonds is 7. The fourth-order valence-corrected chi connectivity index (χ4v) is 4.29. The van der Waals surface area contributed by atoms with Gasteiger partial charge < -0.3 is 19.9 Å². The highest BCUT2D eigenvalue weighted by molar-refractivity contribution is 5.42. The molecule has 1 saturated carbocycles. The molecule has 140 valence electrons. The lowest BCUT2D eigenvalue weighted by molar-refractivity contribution is 0.120. The highest BCUT2D eigenvalue weighted by Crippen LogP contribution is 2.28. The number of nitrogens with zero attached hydrogens (tertiary/aromatic N) is 1. The van der Waals surface area contributed by atoms with Crippen molar-refractivity contribution in [3.05, 3.63) is 23.8 Å². The summed E-state index contributed by atoms with van der Waals surface area (Å²) in [5.74, 6) is 1.57. The molecule has 5 nitrogen and oxygen atoms in total. The van der Waals surface area contributed by atoms with E-state index in [1.807, 2.05) is 6.07 Å². The first kappa shape index (κ1) is 18.5. The number of benzene rings is 1. The molecule has 1 aliphatic heterocycles. The Balaban J connectivity index is 1.53. The van der Waals surface area contributed by atoms with Crippen LogP contribution in [-0.2, 0) is 6.42 Å². The second kappa shape index (κ2) is 8.88. The van der Waals surface area contributed by atoms with Gasteiger partial charge in [0.2, 0.25) is 0 Å². The molecule has 25 heavy (non-hydrogen) atoms.